The second-order valence-corrected chi connectivity index (χ2v) is 5.99. The molecule has 1 aliphatic heterocycles. The highest BCUT2D eigenvalue weighted by Crippen LogP contribution is 2.44. The number of rotatable bonds is 4. The van der Waals surface area contributed by atoms with E-state index in [1.54, 1.807) is 4.90 Å². The molecule has 1 N–H and O–H groups in total. The maximum atomic E-state index is 12.8. The van der Waals surface area contributed by atoms with Crippen LogP contribution in [0.2, 0.25) is 0 Å². The molecular formula is C20H21NO2. The van der Waals surface area contributed by atoms with E-state index in [9.17, 15) is 9.90 Å². The van der Waals surface area contributed by atoms with Crippen LogP contribution in [0.5, 0.6) is 0 Å². The van der Waals surface area contributed by atoms with Crippen LogP contribution in [0.4, 0.5) is 0 Å². The van der Waals surface area contributed by atoms with Crippen molar-refractivity contribution < 1.29 is 9.90 Å². The fourth-order valence-electron chi connectivity index (χ4n) is 3.38. The van der Waals surface area contributed by atoms with Crippen LogP contribution in [0.15, 0.2) is 72.8 Å². The van der Waals surface area contributed by atoms with Gasteiger partial charge < -0.3 is 10.0 Å². The van der Waals surface area contributed by atoms with Crippen molar-refractivity contribution in [2.75, 3.05) is 6.61 Å². The van der Waals surface area contributed by atoms with Gasteiger partial charge in [0.25, 0.3) is 5.91 Å². The van der Waals surface area contributed by atoms with Gasteiger partial charge in [-0.05, 0) is 11.1 Å². The van der Waals surface area contributed by atoms with Gasteiger partial charge in [-0.3, -0.25) is 4.79 Å². The molecule has 2 aromatic rings. The van der Waals surface area contributed by atoms with E-state index in [0.29, 0.717) is 5.57 Å². The molecule has 0 radical (unpaired) electrons. The molecule has 2 aromatic carbocycles. The quantitative estimate of drug-likeness (QED) is 0.878. The molecule has 0 spiro atoms. The summed E-state index contributed by atoms with van der Waals surface area (Å²) in [5.41, 5.74) is 2.61. The van der Waals surface area contributed by atoms with Crippen molar-refractivity contribution in [1.82, 2.24) is 4.90 Å². The highest BCUT2D eigenvalue weighted by molar-refractivity contribution is 5.96. The topological polar surface area (TPSA) is 40.5 Å². The Balaban J connectivity index is 2.06. The zero-order valence-corrected chi connectivity index (χ0v) is 13.2. The van der Waals surface area contributed by atoms with Gasteiger partial charge in [-0.1, -0.05) is 74.2 Å². The molecule has 3 heteroatoms. The monoisotopic (exact) mass is 307 g/mol. The van der Waals surface area contributed by atoms with E-state index >= 15 is 0 Å². The molecule has 1 fully saturated rings. The second-order valence-electron chi connectivity index (χ2n) is 5.99. The number of carbonyl (C=O) groups excluding carboxylic acids is 1. The standard InChI is InChI=1S/C20H21NO2/c1-14-15(2)20(23)21(19(14)17-11-7-4-8-12-17)18(13-22)16-9-5-3-6-10-16/h3-12,14,18-19,22H,2,13H2,1H3/t14-,18-,19+/m0/s1. The van der Waals surface area contributed by atoms with E-state index in [1.807, 2.05) is 67.6 Å². The smallest absolute Gasteiger partial charge is 0.250 e. The Morgan fingerprint density at radius 2 is 1.65 bits per heavy atom. The fourth-order valence-corrected chi connectivity index (χ4v) is 3.38. The Kier molecular flexibility index (Phi) is 4.30. The Labute approximate surface area is 136 Å². The lowest BCUT2D eigenvalue weighted by atomic mass is 9.92. The zero-order valence-electron chi connectivity index (χ0n) is 13.2. The highest BCUT2D eigenvalue weighted by atomic mass is 16.3. The van der Waals surface area contributed by atoms with Gasteiger partial charge in [-0.15, -0.1) is 0 Å². The predicted molar refractivity (Wildman–Crippen MR) is 90.6 cm³/mol. The Bertz CT molecular complexity index is 696. The maximum absolute atomic E-state index is 12.8. The van der Waals surface area contributed by atoms with Gasteiger partial charge in [0.2, 0.25) is 0 Å². The summed E-state index contributed by atoms with van der Waals surface area (Å²) in [6, 6.07) is 19.2. The van der Waals surface area contributed by atoms with Crippen LogP contribution >= 0.6 is 0 Å². The van der Waals surface area contributed by atoms with Gasteiger partial charge in [0.05, 0.1) is 18.7 Å². The SMILES string of the molecule is C=C1C(=O)N([C@@H](CO)c2ccccc2)[C@@H](c2ccccc2)[C@H]1C. The summed E-state index contributed by atoms with van der Waals surface area (Å²) < 4.78 is 0. The van der Waals surface area contributed by atoms with Crippen LogP contribution in [0.25, 0.3) is 0 Å². The number of nitrogens with zero attached hydrogens (tertiary/aromatic N) is 1. The summed E-state index contributed by atoms with van der Waals surface area (Å²) >= 11 is 0. The lowest BCUT2D eigenvalue weighted by molar-refractivity contribution is -0.130. The second kappa shape index (κ2) is 6.39. The molecule has 1 amide bonds. The molecule has 0 aliphatic carbocycles. The first-order valence-corrected chi connectivity index (χ1v) is 7.87. The first-order valence-electron chi connectivity index (χ1n) is 7.87. The third-order valence-electron chi connectivity index (χ3n) is 4.67. The van der Waals surface area contributed by atoms with Gasteiger partial charge in [0.15, 0.2) is 0 Å². The third-order valence-corrected chi connectivity index (χ3v) is 4.67. The molecule has 0 unspecified atom stereocenters. The average molecular weight is 307 g/mol. The minimum atomic E-state index is -0.365. The molecule has 1 saturated heterocycles. The number of hydrogen-bond acceptors (Lipinski definition) is 2. The van der Waals surface area contributed by atoms with Crippen LogP contribution in [0.3, 0.4) is 0 Å². The van der Waals surface area contributed by atoms with Crippen LogP contribution in [0.1, 0.15) is 30.1 Å². The van der Waals surface area contributed by atoms with Crippen LogP contribution in [-0.4, -0.2) is 22.5 Å². The van der Waals surface area contributed by atoms with Crippen molar-refractivity contribution in [3.63, 3.8) is 0 Å². The van der Waals surface area contributed by atoms with E-state index in [0.717, 1.165) is 11.1 Å². The predicted octanol–water partition coefficient (Wildman–Crippen LogP) is 3.50. The van der Waals surface area contributed by atoms with E-state index in [-0.39, 0.29) is 30.5 Å². The van der Waals surface area contributed by atoms with Gasteiger partial charge in [-0.2, -0.15) is 0 Å². The molecule has 3 nitrogen and oxygen atoms in total. The molecule has 1 heterocycles. The minimum Gasteiger partial charge on any atom is -0.394 e. The van der Waals surface area contributed by atoms with Crippen molar-refractivity contribution in [3.8, 4) is 0 Å². The number of aliphatic hydroxyl groups is 1. The number of benzene rings is 2. The van der Waals surface area contributed by atoms with Gasteiger partial charge >= 0.3 is 0 Å². The van der Waals surface area contributed by atoms with Crippen molar-refractivity contribution in [2.45, 2.75) is 19.0 Å². The molecule has 3 rings (SSSR count). The van der Waals surface area contributed by atoms with E-state index in [1.165, 1.54) is 0 Å². The largest absolute Gasteiger partial charge is 0.394 e. The highest BCUT2D eigenvalue weighted by Gasteiger charge is 2.44. The molecule has 0 aromatic heterocycles. The Morgan fingerprint density at radius 1 is 1.09 bits per heavy atom. The first kappa shape index (κ1) is 15.5. The molecule has 3 atom stereocenters. The lowest BCUT2D eigenvalue weighted by Crippen LogP contribution is -2.35. The normalized spacial score (nSPS) is 22.4. The number of likely N-dealkylation sites (tertiary alicyclic amines) is 1. The lowest BCUT2D eigenvalue weighted by Gasteiger charge is -2.34. The molecule has 1 aliphatic rings. The average Bonchev–Trinajstić information content (AvgIpc) is 2.82. The summed E-state index contributed by atoms with van der Waals surface area (Å²) in [6.45, 7) is 5.89. The number of amides is 1. The Morgan fingerprint density at radius 3 is 2.22 bits per heavy atom. The summed E-state index contributed by atoms with van der Waals surface area (Å²) in [7, 11) is 0. The zero-order chi connectivity index (χ0) is 16.4. The summed E-state index contributed by atoms with van der Waals surface area (Å²) in [5, 5.41) is 9.97. The number of hydrogen-bond donors (Lipinski definition) is 1. The first-order chi connectivity index (χ1) is 11.1. The third kappa shape index (κ3) is 2.68. The summed E-state index contributed by atoms with van der Waals surface area (Å²) in [5.74, 6) is -0.0584. The fraction of sp³-hybridized carbons (Fsp3) is 0.250. The number of carbonyl (C=O) groups is 1. The Hall–Kier alpha value is -2.39. The summed E-state index contributed by atoms with van der Waals surface area (Å²) in [4.78, 5) is 14.6. The molecule has 118 valence electrons. The van der Waals surface area contributed by atoms with Crippen molar-refractivity contribution in [1.29, 1.82) is 0 Å². The number of aliphatic hydroxyl groups excluding tert-OH is 1. The minimum absolute atomic E-state index is 0.0164. The maximum Gasteiger partial charge on any atom is 0.250 e. The van der Waals surface area contributed by atoms with Gasteiger partial charge in [0.1, 0.15) is 0 Å². The van der Waals surface area contributed by atoms with Crippen molar-refractivity contribution in [2.24, 2.45) is 5.92 Å². The molecular weight excluding hydrogens is 286 g/mol. The van der Waals surface area contributed by atoms with Crippen LogP contribution in [0, 0.1) is 5.92 Å². The van der Waals surface area contributed by atoms with Crippen molar-refractivity contribution >= 4 is 5.91 Å². The van der Waals surface area contributed by atoms with Crippen LogP contribution in [-0.2, 0) is 4.79 Å². The van der Waals surface area contributed by atoms with E-state index in [2.05, 4.69) is 6.58 Å². The molecule has 23 heavy (non-hydrogen) atoms. The molecule has 0 bridgehead atoms. The summed E-state index contributed by atoms with van der Waals surface area (Å²) in [6.07, 6.45) is 0. The van der Waals surface area contributed by atoms with Gasteiger partial charge in [0, 0.05) is 11.5 Å². The van der Waals surface area contributed by atoms with E-state index < -0.39 is 0 Å². The molecule has 0 saturated carbocycles. The van der Waals surface area contributed by atoms with Gasteiger partial charge in [-0.25, -0.2) is 0 Å². The van der Waals surface area contributed by atoms with Crippen molar-refractivity contribution in [3.05, 3.63) is 83.9 Å². The van der Waals surface area contributed by atoms with E-state index in [4.69, 9.17) is 0 Å². The van der Waals surface area contributed by atoms with Crippen LogP contribution < -0.4 is 0 Å².